The Balaban J connectivity index is 1.86. The number of rotatable bonds is 8. The minimum absolute atomic E-state index is 0.145. The number of ether oxygens (including phenoxy) is 2. The lowest BCUT2D eigenvalue weighted by atomic mass is 10.1. The number of primary amides is 1. The van der Waals surface area contributed by atoms with Gasteiger partial charge in [-0.3, -0.25) is 9.59 Å². The molecule has 9 heteroatoms. The molecule has 0 radical (unpaired) electrons. The molecule has 1 heterocycles. The summed E-state index contributed by atoms with van der Waals surface area (Å²) in [6, 6.07) is 11.0. The molecule has 0 aliphatic carbocycles. The minimum Gasteiger partial charge on any atom is -0.493 e. The maximum Gasteiger partial charge on any atom is 0.255 e. The van der Waals surface area contributed by atoms with E-state index in [1.807, 2.05) is 49.7 Å². The third kappa shape index (κ3) is 5.12. The van der Waals surface area contributed by atoms with Crippen molar-refractivity contribution >= 4 is 23.4 Å². The van der Waals surface area contributed by atoms with Gasteiger partial charge in [0.05, 0.1) is 23.5 Å². The third-order valence-electron chi connectivity index (χ3n) is 5.36. The first-order valence-electron chi connectivity index (χ1n) is 10.3. The van der Waals surface area contributed by atoms with Gasteiger partial charge in [-0.15, -0.1) is 0 Å². The maximum absolute atomic E-state index is 13.2. The van der Waals surface area contributed by atoms with E-state index >= 15 is 0 Å². The first-order valence-corrected chi connectivity index (χ1v) is 10.7. The van der Waals surface area contributed by atoms with Crippen LogP contribution in [0.5, 0.6) is 11.5 Å². The zero-order chi connectivity index (χ0) is 24.3. The van der Waals surface area contributed by atoms with Crippen molar-refractivity contribution in [3.63, 3.8) is 0 Å². The lowest BCUT2D eigenvalue weighted by Gasteiger charge is -2.19. The molecule has 0 saturated carbocycles. The summed E-state index contributed by atoms with van der Waals surface area (Å²) < 4.78 is 12.5. The Labute approximate surface area is 197 Å². The first kappa shape index (κ1) is 24.1. The number of carbonyl (C=O) groups is 2. The van der Waals surface area contributed by atoms with Crippen LogP contribution in [0.3, 0.4) is 0 Å². The summed E-state index contributed by atoms with van der Waals surface area (Å²) in [5.41, 5.74) is 10.3. The summed E-state index contributed by atoms with van der Waals surface area (Å²) in [5, 5.41) is 4.84. The SMILES string of the molecule is COc1cc(C(=O)N(C)Cc2c(C)nn(-c3ccccc3C)c2C)cc(Cl)c1OCC(N)=O. The summed E-state index contributed by atoms with van der Waals surface area (Å²) >= 11 is 6.30. The molecule has 2 amide bonds. The van der Waals surface area contributed by atoms with Gasteiger partial charge in [-0.1, -0.05) is 29.8 Å². The Morgan fingerprint density at radius 1 is 1.18 bits per heavy atom. The number of aryl methyl sites for hydroxylation is 2. The molecular formula is C24H27ClN4O4. The summed E-state index contributed by atoms with van der Waals surface area (Å²) in [5.74, 6) is -0.507. The van der Waals surface area contributed by atoms with Crippen molar-refractivity contribution in [2.24, 2.45) is 5.73 Å². The maximum atomic E-state index is 13.2. The molecule has 0 aliphatic rings. The average Bonchev–Trinajstić information content (AvgIpc) is 3.05. The fourth-order valence-electron chi connectivity index (χ4n) is 3.60. The summed E-state index contributed by atoms with van der Waals surface area (Å²) in [6.07, 6.45) is 0. The van der Waals surface area contributed by atoms with Crippen LogP contribution in [-0.2, 0) is 11.3 Å². The standard InChI is InChI=1S/C24H27ClN4O4/c1-14-8-6-7-9-20(14)29-16(3)18(15(2)27-29)12-28(4)24(31)17-10-19(25)23(21(11-17)32-5)33-13-22(26)30/h6-11H,12-13H2,1-5H3,(H2,26,30). The number of halogens is 1. The van der Waals surface area contributed by atoms with Gasteiger partial charge in [0.25, 0.3) is 11.8 Å². The van der Waals surface area contributed by atoms with Gasteiger partial charge in [-0.25, -0.2) is 4.68 Å². The molecule has 0 unspecified atom stereocenters. The van der Waals surface area contributed by atoms with Gasteiger partial charge in [0, 0.05) is 30.4 Å². The van der Waals surface area contributed by atoms with Crippen LogP contribution in [0.25, 0.3) is 5.69 Å². The van der Waals surface area contributed by atoms with Gasteiger partial charge in [-0.05, 0) is 44.5 Å². The molecule has 0 bridgehead atoms. The number of nitrogens with two attached hydrogens (primary N) is 1. The fourth-order valence-corrected chi connectivity index (χ4v) is 3.86. The lowest BCUT2D eigenvalue weighted by molar-refractivity contribution is -0.119. The second kappa shape index (κ2) is 9.95. The van der Waals surface area contributed by atoms with E-state index in [0.717, 1.165) is 28.2 Å². The number of amides is 2. The topological polar surface area (TPSA) is 99.7 Å². The van der Waals surface area contributed by atoms with Crippen molar-refractivity contribution in [1.82, 2.24) is 14.7 Å². The number of nitrogens with zero attached hydrogens (tertiary/aromatic N) is 3. The molecule has 0 spiro atoms. The summed E-state index contributed by atoms with van der Waals surface area (Å²) in [6.45, 7) is 5.97. The van der Waals surface area contributed by atoms with Crippen molar-refractivity contribution in [2.75, 3.05) is 20.8 Å². The average molecular weight is 471 g/mol. The van der Waals surface area contributed by atoms with Crippen molar-refractivity contribution in [2.45, 2.75) is 27.3 Å². The van der Waals surface area contributed by atoms with E-state index in [0.29, 0.717) is 12.1 Å². The van der Waals surface area contributed by atoms with Gasteiger partial charge < -0.3 is 20.1 Å². The minimum atomic E-state index is -0.648. The van der Waals surface area contributed by atoms with E-state index in [9.17, 15) is 9.59 Å². The molecule has 2 aromatic carbocycles. The number of carbonyl (C=O) groups excluding carboxylic acids is 2. The van der Waals surface area contributed by atoms with E-state index in [1.165, 1.54) is 19.2 Å². The van der Waals surface area contributed by atoms with Gasteiger partial charge in [0.2, 0.25) is 0 Å². The first-order chi connectivity index (χ1) is 15.6. The summed E-state index contributed by atoms with van der Waals surface area (Å²) in [4.78, 5) is 25.8. The van der Waals surface area contributed by atoms with E-state index < -0.39 is 5.91 Å². The van der Waals surface area contributed by atoms with Crippen LogP contribution in [0.4, 0.5) is 0 Å². The van der Waals surface area contributed by atoms with Crippen LogP contribution in [0.2, 0.25) is 5.02 Å². The molecule has 0 aliphatic heterocycles. The smallest absolute Gasteiger partial charge is 0.255 e. The number of benzene rings is 2. The predicted octanol–water partition coefficient (Wildman–Crippen LogP) is 3.60. The zero-order valence-electron chi connectivity index (χ0n) is 19.3. The van der Waals surface area contributed by atoms with Crippen molar-refractivity contribution < 1.29 is 19.1 Å². The van der Waals surface area contributed by atoms with E-state index in [2.05, 4.69) is 0 Å². The fraction of sp³-hybridized carbons (Fsp3) is 0.292. The highest BCUT2D eigenvalue weighted by Crippen LogP contribution is 2.37. The number of aromatic nitrogens is 2. The molecule has 0 saturated heterocycles. The van der Waals surface area contributed by atoms with Crippen molar-refractivity contribution in [1.29, 1.82) is 0 Å². The monoisotopic (exact) mass is 470 g/mol. The van der Waals surface area contributed by atoms with Crippen molar-refractivity contribution in [3.8, 4) is 17.2 Å². The van der Waals surface area contributed by atoms with E-state index in [-0.39, 0.29) is 29.0 Å². The highest BCUT2D eigenvalue weighted by atomic mass is 35.5. The number of hydrogen-bond acceptors (Lipinski definition) is 5. The number of methoxy groups -OCH3 is 1. The molecule has 8 nitrogen and oxygen atoms in total. The molecular weight excluding hydrogens is 444 g/mol. The molecule has 1 aromatic heterocycles. The van der Waals surface area contributed by atoms with Crippen LogP contribution in [0.1, 0.15) is 32.9 Å². The molecule has 2 N–H and O–H groups in total. The molecule has 174 valence electrons. The van der Waals surface area contributed by atoms with Crippen LogP contribution < -0.4 is 15.2 Å². The van der Waals surface area contributed by atoms with Crippen LogP contribution in [0, 0.1) is 20.8 Å². The molecule has 33 heavy (non-hydrogen) atoms. The van der Waals surface area contributed by atoms with Crippen LogP contribution >= 0.6 is 11.6 Å². The second-order valence-electron chi connectivity index (χ2n) is 7.75. The van der Waals surface area contributed by atoms with E-state index in [4.69, 9.17) is 31.9 Å². The van der Waals surface area contributed by atoms with Gasteiger partial charge in [0.1, 0.15) is 0 Å². The van der Waals surface area contributed by atoms with Crippen molar-refractivity contribution in [3.05, 3.63) is 69.5 Å². The zero-order valence-corrected chi connectivity index (χ0v) is 20.1. The predicted molar refractivity (Wildman–Crippen MR) is 126 cm³/mol. The highest BCUT2D eigenvalue weighted by Gasteiger charge is 2.22. The van der Waals surface area contributed by atoms with Gasteiger partial charge in [-0.2, -0.15) is 5.10 Å². The van der Waals surface area contributed by atoms with Crippen LogP contribution in [0.15, 0.2) is 36.4 Å². The Morgan fingerprint density at radius 3 is 2.52 bits per heavy atom. The normalized spacial score (nSPS) is 10.7. The molecule has 0 fully saturated rings. The Morgan fingerprint density at radius 2 is 1.88 bits per heavy atom. The summed E-state index contributed by atoms with van der Waals surface area (Å²) in [7, 11) is 3.14. The largest absolute Gasteiger partial charge is 0.493 e. The number of para-hydroxylation sites is 1. The molecule has 3 aromatic rings. The molecule has 3 rings (SSSR count). The Kier molecular flexibility index (Phi) is 7.28. The Bertz CT molecular complexity index is 1210. The van der Waals surface area contributed by atoms with Gasteiger partial charge >= 0.3 is 0 Å². The Hall–Kier alpha value is -3.52. The quantitative estimate of drug-likeness (QED) is 0.542. The van der Waals surface area contributed by atoms with Gasteiger partial charge in [0.15, 0.2) is 18.1 Å². The second-order valence-corrected chi connectivity index (χ2v) is 8.16. The highest BCUT2D eigenvalue weighted by molar-refractivity contribution is 6.32. The van der Waals surface area contributed by atoms with Crippen LogP contribution in [-0.4, -0.2) is 47.3 Å². The van der Waals surface area contributed by atoms with E-state index in [1.54, 1.807) is 11.9 Å². The molecule has 0 atom stereocenters. The lowest BCUT2D eigenvalue weighted by Crippen LogP contribution is -2.27. The third-order valence-corrected chi connectivity index (χ3v) is 5.64. The number of hydrogen-bond donors (Lipinski definition) is 1.